The molecule has 0 saturated heterocycles. The molecule has 0 radical (unpaired) electrons. The molecule has 1 saturated carbocycles. The van der Waals surface area contributed by atoms with Crippen LogP contribution in [0.3, 0.4) is 0 Å². The van der Waals surface area contributed by atoms with Crippen LogP contribution in [-0.4, -0.2) is 21.0 Å². The van der Waals surface area contributed by atoms with Crippen LogP contribution in [-0.2, 0) is 0 Å². The smallest absolute Gasteiger partial charge is 0.339 e. The molecule has 0 amide bonds. The van der Waals surface area contributed by atoms with Crippen LogP contribution in [0, 0.1) is 6.92 Å². The summed E-state index contributed by atoms with van der Waals surface area (Å²) in [5, 5.41) is 8.79. The largest absolute Gasteiger partial charge is 0.478 e. The van der Waals surface area contributed by atoms with Gasteiger partial charge in [0.25, 0.3) is 0 Å². The van der Waals surface area contributed by atoms with E-state index in [1.165, 1.54) is 12.6 Å². The molecular weight excluding hydrogens is 180 g/mol. The van der Waals surface area contributed by atoms with Crippen LogP contribution in [0.25, 0.3) is 0 Å². The molecule has 14 heavy (non-hydrogen) atoms. The lowest BCUT2D eigenvalue weighted by atomic mass is 9.85. The first-order valence-electron chi connectivity index (χ1n) is 4.75. The number of carbonyl (C=O) groups is 1. The second-order valence-corrected chi connectivity index (χ2v) is 3.66. The molecule has 74 valence electrons. The lowest BCUT2D eigenvalue weighted by Crippen LogP contribution is -2.14. The van der Waals surface area contributed by atoms with Crippen molar-refractivity contribution in [3.63, 3.8) is 0 Å². The van der Waals surface area contributed by atoms with Crippen LogP contribution in [0.5, 0.6) is 0 Å². The zero-order valence-electron chi connectivity index (χ0n) is 8.03. The van der Waals surface area contributed by atoms with Crippen molar-refractivity contribution < 1.29 is 9.90 Å². The van der Waals surface area contributed by atoms with Gasteiger partial charge in [-0.25, -0.2) is 14.8 Å². The highest BCUT2D eigenvalue weighted by Crippen LogP contribution is 2.34. The summed E-state index contributed by atoms with van der Waals surface area (Å²) in [4.78, 5) is 19.0. The van der Waals surface area contributed by atoms with Gasteiger partial charge in [0.2, 0.25) is 0 Å². The molecule has 0 atom stereocenters. The van der Waals surface area contributed by atoms with E-state index in [2.05, 4.69) is 9.97 Å². The molecule has 0 aliphatic heterocycles. The van der Waals surface area contributed by atoms with E-state index in [0.717, 1.165) is 18.7 Å². The van der Waals surface area contributed by atoms with Gasteiger partial charge in [0, 0.05) is 12.1 Å². The Balaban J connectivity index is 2.30. The Morgan fingerprint density at radius 1 is 1.57 bits per heavy atom. The molecule has 1 N–H and O–H groups in total. The van der Waals surface area contributed by atoms with E-state index in [4.69, 9.17) is 5.11 Å². The van der Waals surface area contributed by atoms with E-state index in [0.29, 0.717) is 11.6 Å². The van der Waals surface area contributed by atoms with Crippen LogP contribution in [0.2, 0.25) is 0 Å². The van der Waals surface area contributed by atoms with Crippen LogP contribution in [0.4, 0.5) is 0 Å². The molecule has 0 bridgehead atoms. The molecule has 1 aromatic heterocycles. The van der Waals surface area contributed by atoms with Crippen molar-refractivity contribution in [2.75, 3.05) is 0 Å². The van der Waals surface area contributed by atoms with E-state index >= 15 is 0 Å². The zero-order valence-corrected chi connectivity index (χ0v) is 8.03. The zero-order chi connectivity index (χ0) is 10.1. The SMILES string of the molecule is Cc1nc(C2CCC2)ncc1C(=O)O. The molecule has 1 fully saturated rings. The highest BCUT2D eigenvalue weighted by atomic mass is 16.4. The minimum atomic E-state index is -0.956. The second kappa shape index (κ2) is 3.36. The first kappa shape index (κ1) is 9.12. The standard InChI is InChI=1S/C10H12N2O2/c1-6-8(10(13)14)5-11-9(12-6)7-3-2-4-7/h5,7H,2-4H2,1H3,(H,13,14). The number of carboxylic acids is 1. The third-order valence-corrected chi connectivity index (χ3v) is 2.70. The van der Waals surface area contributed by atoms with Gasteiger partial charge in [0.05, 0.1) is 11.3 Å². The van der Waals surface area contributed by atoms with Crippen molar-refractivity contribution in [1.29, 1.82) is 0 Å². The van der Waals surface area contributed by atoms with Crippen LogP contribution in [0.15, 0.2) is 6.20 Å². The van der Waals surface area contributed by atoms with Gasteiger partial charge in [0.15, 0.2) is 0 Å². The maximum absolute atomic E-state index is 10.7. The Morgan fingerprint density at radius 3 is 2.71 bits per heavy atom. The highest BCUT2D eigenvalue weighted by Gasteiger charge is 2.23. The summed E-state index contributed by atoms with van der Waals surface area (Å²) in [5.41, 5.74) is 0.766. The summed E-state index contributed by atoms with van der Waals surface area (Å²) in [6.45, 7) is 1.72. The van der Waals surface area contributed by atoms with Crippen molar-refractivity contribution in [3.8, 4) is 0 Å². The monoisotopic (exact) mass is 192 g/mol. The third kappa shape index (κ3) is 1.47. The third-order valence-electron chi connectivity index (χ3n) is 2.70. The summed E-state index contributed by atoms with van der Waals surface area (Å²) < 4.78 is 0. The van der Waals surface area contributed by atoms with Gasteiger partial charge in [-0.1, -0.05) is 6.42 Å². The maximum Gasteiger partial charge on any atom is 0.339 e. The van der Waals surface area contributed by atoms with Crippen LogP contribution < -0.4 is 0 Å². The van der Waals surface area contributed by atoms with Gasteiger partial charge < -0.3 is 5.11 Å². The van der Waals surface area contributed by atoms with Gasteiger partial charge >= 0.3 is 5.97 Å². The average molecular weight is 192 g/mol. The van der Waals surface area contributed by atoms with Gasteiger partial charge in [-0.2, -0.15) is 0 Å². The molecule has 1 heterocycles. The van der Waals surface area contributed by atoms with E-state index in [9.17, 15) is 4.79 Å². The normalized spacial score (nSPS) is 16.4. The Bertz CT molecular complexity index is 372. The fourth-order valence-corrected chi connectivity index (χ4v) is 1.56. The van der Waals surface area contributed by atoms with Crippen LogP contribution >= 0.6 is 0 Å². The molecule has 2 rings (SSSR count). The Hall–Kier alpha value is -1.45. The molecule has 4 heteroatoms. The Morgan fingerprint density at radius 2 is 2.29 bits per heavy atom. The van der Waals surface area contributed by atoms with Crippen molar-refractivity contribution in [2.24, 2.45) is 0 Å². The number of nitrogens with zero attached hydrogens (tertiary/aromatic N) is 2. The van der Waals surface area contributed by atoms with Gasteiger partial charge in [0.1, 0.15) is 5.82 Å². The topological polar surface area (TPSA) is 63.1 Å². The van der Waals surface area contributed by atoms with E-state index in [-0.39, 0.29) is 5.56 Å². The summed E-state index contributed by atoms with van der Waals surface area (Å²) in [5.74, 6) is 0.304. The number of hydrogen-bond acceptors (Lipinski definition) is 3. The first-order valence-corrected chi connectivity index (χ1v) is 4.75. The quantitative estimate of drug-likeness (QED) is 0.775. The summed E-state index contributed by atoms with van der Waals surface area (Å²) in [6.07, 6.45) is 4.91. The average Bonchev–Trinajstić information content (AvgIpc) is 2.00. The van der Waals surface area contributed by atoms with E-state index < -0.39 is 5.97 Å². The van der Waals surface area contributed by atoms with Crippen molar-refractivity contribution >= 4 is 5.97 Å². The lowest BCUT2D eigenvalue weighted by molar-refractivity contribution is 0.0695. The highest BCUT2D eigenvalue weighted by molar-refractivity contribution is 5.88. The molecule has 0 unspecified atom stereocenters. The molecule has 0 aromatic carbocycles. The maximum atomic E-state index is 10.7. The minimum Gasteiger partial charge on any atom is -0.478 e. The number of rotatable bonds is 2. The number of aromatic nitrogens is 2. The van der Waals surface area contributed by atoms with Crippen molar-refractivity contribution in [2.45, 2.75) is 32.1 Å². The molecule has 1 aliphatic carbocycles. The van der Waals surface area contributed by atoms with Crippen LogP contribution in [0.1, 0.15) is 47.1 Å². The fraction of sp³-hybridized carbons (Fsp3) is 0.500. The summed E-state index contributed by atoms with van der Waals surface area (Å²) in [7, 11) is 0. The Labute approximate surface area is 82.0 Å². The summed E-state index contributed by atoms with van der Waals surface area (Å²) >= 11 is 0. The number of carboxylic acid groups (broad SMARTS) is 1. The minimum absolute atomic E-state index is 0.202. The molecular formula is C10H12N2O2. The van der Waals surface area contributed by atoms with E-state index in [1.54, 1.807) is 6.92 Å². The predicted molar refractivity (Wildman–Crippen MR) is 50.3 cm³/mol. The van der Waals surface area contributed by atoms with Gasteiger partial charge in [-0.15, -0.1) is 0 Å². The summed E-state index contributed by atoms with van der Waals surface area (Å²) in [6, 6.07) is 0. The van der Waals surface area contributed by atoms with Crippen molar-refractivity contribution in [3.05, 3.63) is 23.3 Å². The second-order valence-electron chi connectivity index (χ2n) is 3.66. The van der Waals surface area contributed by atoms with Gasteiger partial charge in [-0.05, 0) is 19.8 Å². The van der Waals surface area contributed by atoms with Gasteiger partial charge in [-0.3, -0.25) is 0 Å². The molecule has 4 nitrogen and oxygen atoms in total. The molecule has 1 aromatic rings. The number of aromatic carboxylic acids is 1. The number of hydrogen-bond donors (Lipinski definition) is 1. The van der Waals surface area contributed by atoms with Crippen molar-refractivity contribution in [1.82, 2.24) is 9.97 Å². The number of aryl methyl sites for hydroxylation is 1. The Kier molecular flexibility index (Phi) is 2.19. The first-order chi connectivity index (χ1) is 6.68. The fourth-order valence-electron chi connectivity index (χ4n) is 1.56. The lowest BCUT2D eigenvalue weighted by Gasteiger charge is -2.23. The van der Waals surface area contributed by atoms with E-state index in [1.807, 2.05) is 0 Å². The predicted octanol–water partition coefficient (Wildman–Crippen LogP) is 1.75. The molecule has 0 spiro atoms. The molecule has 1 aliphatic rings.